The molecule has 0 bridgehead atoms. The van der Waals surface area contributed by atoms with Gasteiger partial charge in [-0.3, -0.25) is 9.59 Å². The molecular weight excluding hydrogens is 308 g/mol. The molecular formula is C18H20N2O2S. The zero-order chi connectivity index (χ0) is 16.2. The monoisotopic (exact) mass is 328 g/mol. The van der Waals surface area contributed by atoms with Gasteiger partial charge in [0.15, 0.2) is 0 Å². The lowest BCUT2D eigenvalue weighted by atomic mass is 9.98. The van der Waals surface area contributed by atoms with Crippen molar-refractivity contribution in [1.82, 2.24) is 10.2 Å². The minimum atomic E-state index is -0.208. The Morgan fingerprint density at radius 1 is 1.26 bits per heavy atom. The molecule has 5 heteroatoms. The van der Waals surface area contributed by atoms with Crippen LogP contribution in [-0.4, -0.2) is 29.8 Å². The molecule has 1 atom stereocenters. The van der Waals surface area contributed by atoms with Crippen LogP contribution in [0.1, 0.15) is 40.2 Å². The first-order valence-corrected chi connectivity index (χ1v) is 8.77. The van der Waals surface area contributed by atoms with E-state index in [0.29, 0.717) is 5.56 Å². The van der Waals surface area contributed by atoms with Crippen molar-refractivity contribution in [2.24, 2.45) is 0 Å². The molecule has 1 aliphatic rings. The van der Waals surface area contributed by atoms with Gasteiger partial charge in [-0.15, -0.1) is 11.3 Å². The SMILES string of the molecule is CC[C@H]1c2ccsc2CCN1C(=O)CNC(=O)c1ccccc1. The smallest absolute Gasteiger partial charge is 0.251 e. The molecule has 3 rings (SSSR count). The van der Waals surface area contributed by atoms with Crippen molar-refractivity contribution in [2.45, 2.75) is 25.8 Å². The van der Waals surface area contributed by atoms with E-state index in [9.17, 15) is 9.59 Å². The number of nitrogens with zero attached hydrogens (tertiary/aromatic N) is 1. The highest BCUT2D eigenvalue weighted by atomic mass is 32.1. The third-order valence-electron chi connectivity index (χ3n) is 4.24. The zero-order valence-corrected chi connectivity index (χ0v) is 13.9. The second kappa shape index (κ2) is 6.96. The molecule has 120 valence electrons. The Bertz CT molecular complexity index is 696. The fourth-order valence-electron chi connectivity index (χ4n) is 3.08. The Morgan fingerprint density at radius 2 is 2.04 bits per heavy atom. The molecule has 4 nitrogen and oxygen atoms in total. The first kappa shape index (κ1) is 15.7. The maximum Gasteiger partial charge on any atom is 0.251 e. The fourth-order valence-corrected chi connectivity index (χ4v) is 4.01. The van der Waals surface area contributed by atoms with Gasteiger partial charge in [0, 0.05) is 17.0 Å². The van der Waals surface area contributed by atoms with Gasteiger partial charge in [-0.2, -0.15) is 0 Å². The minimum absolute atomic E-state index is 0.0158. The van der Waals surface area contributed by atoms with Gasteiger partial charge in [0.1, 0.15) is 0 Å². The van der Waals surface area contributed by atoms with Gasteiger partial charge >= 0.3 is 0 Å². The normalized spacial score (nSPS) is 16.7. The third kappa shape index (κ3) is 3.29. The van der Waals surface area contributed by atoms with Crippen molar-refractivity contribution in [3.05, 3.63) is 57.8 Å². The highest BCUT2D eigenvalue weighted by Crippen LogP contribution is 2.35. The van der Waals surface area contributed by atoms with Crippen LogP contribution in [0.15, 0.2) is 41.8 Å². The predicted molar refractivity (Wildman–Crippen MR) is 91.5 cm³/mol. The van der Waals surface area contributed by atoms with E-state index in [1.807, 2.05) is 23.1 Å². The third-order valence-corrected chi connectivity index (χ3v) is 5.23. The van der Waals surface area contributed by atoms with Crippen molar-refractivity contribution >= 4 is 23.2 Å². The van der Waals surface area contributed by atoms with Crippen LogP contribution in [-0.2, 0) is 11.2 Å². The van der Waals surface area contributed by atoms with Gasteiger partial charge in [0.2, 0.25) is 5.91 Å². The average Bonchev–Trinajstić information content (AvgIpc) is 3.07. The second-order valence-corrected chi connectivity index (χ2v) is 6.61. The highest BCUT2D eigenvalue weighted by Gasteiger charge is 2.30. The van der Waals surface area contributed by atoms with E-state index < -0.39 is 0 Å². The molecule has 23 heavy (non-hydrogen) atoms. The van der Waals surface area contributed by atoms with Gasteiger partial charge in [-0.1, -0.05) is 25.1 Å². The van der Waals surface area contributed by atoms with Gasteiger partial charge in [0.25, 0.3) is 5.91 Å². The molecule has 0 spiro atoms. The molecule has 0 aliphatic carbocycles. The Balaban J connectivity index is 1.63. The molecule has 1 aliphatic heterocycles. The van der Waals surface area contributed by atoms with Crippen molar-refractivity contribution < 1.29 is 9.59 Å². The largest absolute Gasteiger partial charge is 0.343 e. The average molecular weight is 328 g/mol. The summed E-state index contributed by atoms with van der Waals surface area (Å²) in [6, 6.07) is 11.2. The first-order valence-electron chi connectivity index (χ1n) is 7.89. The summed E-state index contributed by atoms with van der Waals surface area (Å²) in [6.45, 7) is 2.87. The number of amides is 2. The van der Waals surface area contributed by atoms with Gasteiger partial charge in [-0.05, 0) is 42.0 Å². The lowest BCUT2D eigenvalue weighted by Gasteiger charge is -2.35. The Kier molecular flexibility index (Phi) is 4.76. The van der Waals surface area contributed by atoms with Crippen molar-refractivity contribution in [2.75, 3.05) is 13.1 Å². The van der Waals surface area contributed by atoms with E-state index in [-0.39, 0.29) is 24.4 Å². The van der Waals surface area contributed by atoms with Crippen LogP contribution < -0.4 is 5.32 Å². The van der Waals surface area contributed by atoms with Crippen LogP contribution in [0.5, 0.6) is 0 Å². The van der Waals surface area contributed by atoms with E-state index in [1.165, 1.54) is 10.4 Å². The number of hydrogen-bond donors (Lipinski definition) is 1. The maximum atomic E-state index is 12.5. The van der Waals surface area contributed by atoms with E-state index in [1.54, 1.807) is 23.5 Å². The Hall–Kier alpha value is -2.14. The summed E-state index contributed by atoms with van der Waals surface area (Å²) in [4.78, 5) is 27.9. The summed E-state index contributed by atoms with van der Waals surface area (Å²) < 4.78 is 0. The lowest BCUT2D eigenvalue weighted by molar-refractivity contribution is -0.133. The molecule has 2 aromatic rings. The fraction of sp³-hybridized carbons (Fsp3) is 0.333. The van der Waals surface area contributed by atoms with Gasteiger partial charge in [0.05, 0.1) is 12.6 Å². The minimum Gasteiger partial charge on any atom is -0.343 e. The zero-order valence-electron chi connectivity index (χ0n) is 13.1. The molecule has 2 amide bonds. The summed E-state index contributed by atoms with van der Waals surface area (Å²) in [6.07, 6.45) is 1.80. The van der Waals surface area contributed by atoms with E-state index >= 15 is 0 Å². The lowest BCUT2D eigenvalue weighted by Crippen LogP contribution is -2.44. The molecule has 0 saturated carbocycles. The van der Waals surface area contributed by atoms with Crippen molar-refractivity contribution in [1.29, 1.82) is 0 Å². The molecule has 2 heterocycles. The summed E-state index contributed by atoms with van der Waals surface area (Å²) in [5.74, 6) is -0.224. The Labute approximate surface area is 140 Å². The van der Waals surface area contributed by atoms with Crippen LogP contribution >= 0.6 is 11.3 Å². The van der Waals surface area contributed by atoms with Crippen molar-refractivity contribution in [3.8, 4) is 0 Å². The van der Waals surface area contributed by atoms with E-state index in [0.717, 1.165) is 19.4 Å². The highest BCUT2D eigenvalue weighted by molar-refractivity contribution is 7.10. The van der Waals surface area contributed by atoms with Crippen LogP contribution in [0.3, 0.4) is 0 Å². The first-order chi connectivity index (χ1) is 11.2. The molecule has 1 aromatic heterocycles. The van der Waals surface area contributed by atoms with E-state index in [2.05, 4.69) is 23.7 Å². The van der Waals surface area contributed by atoms with Crippen molar-refractivity contribution in [3.63, 3.8) is 0 Å². The topological polar surface area (TPSA) is 49.4 Å². The van der Waals surface area contributed by atoms with Crippen LogP contribution in [0.25, 0.3) is 0 Å². The Morgan fingerprint density at radius 3 is 2.78 bits per heavy atom. The molecule has 0 fully saturated rings. The number of nitrogens with one attached hydrogen (secondary N) is 1. The number of benzene rings is 1. The summed E-state index contributed by atoms with van der Waals surface area (Å²) in [5.41, 5.74) is 1.84. The number of rotatable bonds is 4. The molecule has 0 unspecified atom stereocenters. The quantitative estimate of drug-likeness (QED) is 0.938. The number of carbonyl (C=O) groups is 2. The number of hydrogen-bond acceptors (Lipinski definition) is 3. The van der Waals surface area contributed by atoms with Crippen LogP contribution in [0.4, 0.5) is 0 Å². The van der Waals surface area contributed by atoms with E-state index in [4.69, 9.17) is 0 Å². The van der Waals surface area contributed by atoms with Crippen LogP contribution in [0.2, 0.25) is 0 Å². The van der Waals surface area contributed by atoms with Crippen LogP contribution in [0, 0.1) is 0 Å². The molecule has 0 saturated heterocycles. The maximum absolute atomic E-state index is 12.5. The second-order valence-electron chi connectivity index (χ2n) is 5.61. The molecule has 1 aromatic carbocycles. The predicted octanol–water partition coefficient (Wildman–Crippen LogP) is 3.01. The molecule has 1 N–H and O–H groups in total. The number of thiophene rings is 1. The number of carbonyl (C=O) groups excluding carboxylic acids is 2. The summed E-state index contributed by atoms with van der Waals surface area (Å²) >= 11 is 1.77. The van der Waals surface area contributed by atoms with Gasteiger partial charge in [-0.25, -0.2) is 0 Å². The summed E-state index contributed by atoms with van der Waals surface area (Å²) in [7, 11) is 0. The van der Waals surface area contributed by atoms with Gasteiger partial charge < -0.3 is 10.2 Å². The molecule has 0 radical (unpaired) electrons. The summed E-state index contributed by atoms with van der Waals surface area (Å²) in [5, 5.41) is 4.83. The number of fused-ring (bicyclic) bond motifs is 1. The standard InChI is InChI=1S/C18H20N2O2S/c1-2-15-14-9-11-23-16(14)8-10-20(15)17(21)12-19-18(22)13-6-4-3-5-7-13/h3-7,9,11,15H,2,8,10,12H2,1H3,(H,19,22)/t15-/m0/s1.